The van der Waals surface area contributed by atoms with Crippen LogP contribution >= 0.6 is 11.3 Å². The third kappa shape index (κ3) is 3.45. The maximum atomic E-state index is 11.6. The number of thiazole rings is 1. The molecule has 15 heavy (non-hydrogen) atoms. The van der Waals surface area contributed by atoms with Gasteiger partial charge in [0.15, 0.2) is 0 Å². The van der Waals surface area contributed by atoms with Crippen LogP contribution in [0.5, 0.6) is 0 Å². The SMILES string of the molecule is Cc1nc(C)c(C(=O)NC/C=C/CN)s1. The lowest BCUT2D eigenvalue weighted by Crippen LogP contribution is -2.23. The highest BCUT2D eigenvalue weighted by Gasteiger charge is 2.12. The van der Waals surface area contributed by atoms with Gasteiger partial charge in [0.05, 0.1) is 10.7 Å². The van der Waals surface area contributed by atoms with Crippen LogP contribution in [0, 0.1) is 13.8 Å². The minimum absolute atomic E-state index is 0.0697. The summed E-state index contributed by atoms with van der Waals surface area (Å²) in [6, 6.07) is 0. The van der Waals surface area contributed by atoms with Crippen molar-refractivity contribution in [1.82, 2.24) is 10.3 Å². The van der Waals surface area contributed by atoms with E-state index in [1.807, 2.05) is 26.0 Å². The molecule has 0 aliphatic carbocycles. The second-order valence-corrected chi connectivity index (χ2v) is 4.27. The first kappa shape index (κ1) is 11.9. The van der Waals surface area contributed by atoms with E-state index >= 15 is 0 Å². The fourth-order valence-corrected chi connectivity index (χ4v) is 1.99. The number of carbonyl (C=O) groups excluding carboxylic acids is 1. The number of aromatic nitrogens is 1. The van der Waals surface area contributed by atoms with E-state index in [1.54, 1.807) is 0 Å². The largest absolute Gasteiger partial charge is 0.348 e. The first-order valence-electron chi connectivity index (χ1n) is 4.72. The minimum Gasteiger partial charge on any atom is -0.348 e. The highest BCUT2D eigenvalue weighted by Crippen LogP contribution is 2.16. The van der Waals surface area contributed by atoms with Crippen LogP contribution in [0.4, 0.5) is 0 Å². The molecule has 0 saturated carbocycles. The zero-order valence-corrected chi connectivity index (χ0v) is 9.73. The lowest BCUT2D eigenvalue weighted by Gasteiger charge is -1.99. The molecule has 1 aromatic rings. The van der Waals surface area contributed by atoms with E-state index in [0.717, 1.165) is 10.7 Å². The molecule has 1 rings (SSSR count). The first-order valence-corrected chi connectivity index (χ1v) is 5.54. The maximum Gasteiger partial charge on any atom is 0.263 e. The summed E-state index contributed by atoms with van der Waals surface area (Å²) in [6.45, 7) is 4.73. The first-order chi connectivity index (χ1) is 7.15. The molecule has 0 atom stereocenters. The summed E-state index contributed by atoms with van der Waals surface area (Å²) < 4.78 is 0. The molecule has 3 N–H and O–H groups in total. The molecule has 5 heteroatoms. The third-order valence-corrected chi connectivity index (χ3v) is 2.86. The molecular formula is C10H15N3OS. The predicted octanol–water partition coefficient (Wildman–Crippen LogP) is 1.00. The van der Waals surface area contributed by atoms with Crippen LogP contribution in [0.15, 0.2) is 12.2 Å². The summed E-state index contributed by atoms with van der Waals surface area (Å²) >= 11 is 1.41. The fourth-order valence-electron chi connectivity index (χ4n) is 1.15. The number of rotatable bonds is 4. The van der Waals surface area contributed by atoms with E-state index in [0.29, 0.717) is 18.0 Å². The van der Waals surface area contributed by atoms with Gasteiger partial charge in [-0.3, -0.25) is 4.79 Å². The summed E-state index contributed by atoms with van der Waals surface area (Å²) in [5, 5.41) is 3.69. The van der Waals surface area contributed by atoms with Gasteiger partial charge in [-0.2, -0.15) is 0 Å². The van der Waals surface area contributed by atoms with Crippen LogP contribution in [0.3, 0.4) is 0 Å². The lowest BCUT2D eigenvalue weighted by molar-refractivity contribution is 0.0961. The van der Waals surface area contributed by atoms with Crippen LogP contribution < -0.4 is 11.1 Å². The summed E-state index contributed by atoms with van der Waals surface area (Å²) in [5.74, 6) is -0.0697. The Kier molecular flexibility index (Phi) is 4.45. The topological polar surface area (TPSA) is 68.0 Å². The Morgan fingerprint density at radius 2 is 2.27 bits per heavy atom. The molecule has 0 aliphatic rings. The molecule has 0 unspecified atom stereocenters. The molecule has 0 radical (unpaired) electrons. The molecule has 1 amide bonds. The normalized spacial score (nSPS) is 10.9. The second-order valence-electron chi connectivity index (χ2n) is 3.06. The third-order valence-electron chi connectivity index (χ3n) is 1.79. The predicted molar refractivity (Wildman–Crippen MR) is 62.1 cm³/mol. The molecule has 1 aromatic heterocycles. The van der Waals surface area contributed by atoms with Gasteiger partial charge in [-0.25, -0.2) is 4.98 Å². The van der Waals surface area contributed by atoms with Gasteiger partial charge in [0.2, 0.25) is 0 Å². The van der Waals surface area contributed by atoms with Crippen molar-refractivity contribution in [2.24, 2.45) is 5.73 Å². The molecule has 0 aromatic carbocycles. The van der Waals surface area contributed by atoms with Crippen molar-refractivity contribution in [2.75, 3.05) is 13.1 Å². The summed E-state index contributed by atoms with van der Waals surface area (Å²) in [6.07, 6.45) is 3.65. The van der Waals surface area contributed by atoms with Crippen molar-refractivity contribution >= 4 is 17.2 Å². The number of nitrogens with two attached hydrogens (primary N) is 1. The molecule has 0 bridgehead atoms. The van der Waals surface area contributed by atoms with Gasteiger partial charge >= 0.3 is 0 Å². The summed E-state index contributed by atoms with van der Waals surface area (Å²) in [7, 11) is 0. The van der Waals surface area contributed by atoms with Gasteiger partial charge in [0, 0.05) is 13.1 Å². The quantitative estimate of drug-likeness (QED) is 0.751. The van der Waals surface area contributed by atoms with E-state index in [4.69, 9.17) is 5.73 Å². The Morgan fingerprint density at radius 1 is 1.53 bits per heavy atom. The minimum atomic E-state index is -0.0697. The summed E-state index contributed by atoms with van der Waals surface area (Å²) in [4.78, 5) is 16.5. The molecular weight excluding hydrogens is 210 g/mol. The number of nitrogens with zero attached hydrogens (tertiary/aromatic N) is 1. The fraction of sp³-hybridized carbons (Fsp3) is 0.400. The number of hydrogen-bond donors (Lipinski definition) is 2. The maximum absolute atomic E-state index is 11.6. The standard InChI is InChI=1S/C10H15N3OS/c1-7-9(15-8(2)13-7)10(14)12-6-4-3-5-11/h3-4H,5-6,11H2,1-2H3,(H,12,14)/b4-3+. The van der Waals surface area contributed by atoms with Gasteiger partial charge < -0.3 is 11.1 Å². The van der Waals surface area contributed by atoms with Crippen molar-refractivity contribution in [3.63, 3.8) is 0 Å². The molecule has 0 aliphatic heterocycles. The second kappa shape index (κ2) is 5.63. The number of hydrogen-bond acceptors (Lipinski definition) is 4. The number of carbonyl (C=O) groups is 1. The monoisotopic (exact) mass is 225 g/mol. The van der Waals surface area contributed by atoms with Crippen LogP contribution in [0.2, 0.25) is 0 Å². The number of aryl methyl sites for hydroxylation is 2. The van der Waals surface area contributed by atoms with Crippen molar-refractivity contribution in [3.05, 3.63) is 27.7 Å². The Labute approximate surface area is 93.2 Å². The van der Waals surface area contributed by atoms with Crippen molar-refractivity contribution in [3.8, 4) is 0 Å². The van der Waals surface area contributed by atoms with E-state index in [2.05, 4.69) is 10.3 Å². The van der Waals surface area contributed by atoms with Crippen LogP contribution in [0.1, 0.15) is 20.4 Å². The summed E-state index contributed by atoms with van der Waals surface area (Å²) in [5.41, 5.74) is 6.07. The van der Waals surface area contributed by atoms with E-state index < -0.39 is 0 Å². The smallest absolute Gasteiger partial charge is 0.263 e. The van der Waals surface area contributed by atoms with Gasteiger partial charge in [-0.05, 0) is 13.8 Å². The molecule has 4 nitrogen and oxygen atoms in total. The van der Waals surface area contributed by atoms with Crippen molar-refractivity contribution < 1.29 is 4.79 Å². The Hall–Kier alpha value is -1.20. The highest BCUT2D eigenvalue weighted by molar-refractivity contribution is 7.13. The van der Waals surface area contributed by atoms with E-state index in [9.17, 15) is 4.79 Å². The van der Waals surface area contributed by atoms with Gasteiger partial charge in [0.25, 0.3) is 5.91 Å². The Balaban J connectivity index is 2.54. The van der Waals surface area contributed by atoms with E-state index in [1.165, 1.54) is 11.3 Å². The molecule has 0 fully saturated rings. The Morgan fingerprint density at radius 3 is 2.80 bits per heavy atom. The number of amides is 1. The lowest BCUT2D eigenvalue weighted by atomic mass is 10.3. The van der Waals surface area contributed by atoms with Gasteiger partial charge in [-0.1, -0.05) is 12.2 Å². The highest BCUT2D eigenvalue weighted by atomic mass is 32.1. The zero-order valence-electron chi connectivity index (χ0n) is 8.91. The zero-order chi connectivity index (χ0) is 11.3. The van der Waals surface area contributed by atoms with Crippen molar-refractivity contribution in [2.45, 2.75) is 13.8 Å². The van der Waals surface area contributed by atoms with E-state index in [-0.39, 0.29) is 5.91 Å². The average molecular weight is 225 g/mol. The van der Waals surface area contributed by atoms with Gasteiger partial charge in [-0.15, -0.1) is 11.3 Å². The number of nitrogens with one attached hydrogen (secondary N) is 1. The molecule has 82 valence electrons. The van der Waals surface area contributed by atoms with Gasteiger partial charge in [0.1, 0.15) is 4.88 Å². The van der Waals surface area contributed by atoms with Crippen molar-refractivity contribution in [1.29, 1.82) is 0 Å². The van der Waals surface area contributed by atoms with Crippen LogP contribution in [0.25, 0.3) is 0 Å². The molecule has 0 spiro atoms. The van der Waals surface area contributed by atoms with Crippen LogP contribution in [-0.2, 0) is 0 Å². The van der Waals surface area contributed by atoms with Crippen LogP contribution in [-0.4, -0.2) is 24.0 Å². The molecule has 0 saturated heterocycles. The Bertz CT molecular complexity index is 371. The average Bonchev–Trinajstić information content (AvgIpc) is 2.52. The molecule has 1 heterocycles.